The van der Waals surface area contributed by atoms with Gasteiger partial charge in [0.2, 0.25) is 0 Å². The summed E-state index contributed by atoms with van der Waals surface area (Å²) in [5.74, 6) is 1.89. The van der Waals surface area contributed by atoms with Gasteiger partial charge >= 0.3 is 0 Å². The van der Waals surface area contributed by atoms with E-state index in [1.54, 1.807) is 0 Å². The molecule has 0 saturated heterocycles. The van der Waals surface area contributed by atoms with Gasteiger partial charge in [-0.3, -0.25) is 0 Å². The third-order valence-corrected chi connectivity index (χ3v) is 4.32. The summed E-state index contributed by atoms with van der Waals surface area (Å²) in [6.45, 7) is 4.12. The van der Waals surface area contributed by atoms with Crippen LogP contribution in [0.5, 0.6) is 0 Å². The highest BCUT2D eigenvalue weighted by molar-refractivity contribution is 6.30. The van der Waals surface area contributed by atoms with Gasteiger partial charge in [-0.25, -0.2) is 4.98 Å². The zero-order chi connectivity index (χ0) is 13.5. The SMILES string of the molecule is CCCCc1nc(Cl)c(CNCC2CCCCC2)[nH]1. The van der Waals surface area contributed by atoms with Crippen molar-refractivity contribution in [2.24, 2.45) is 5.92 Å². The number of imidazole rings is 1. The molecular formula is C15H26ClN3. The van der Waals surface area contributed by atoms with Gasteiger partial charge in [0.05, 0.1) is 5.69 Å². The molecule has 2 N–H and O–H groups in total. The predicted molar refractivity (Wildman–Crippen MR) is 80.5 cm³/mol. The first kappa shape index (κ1) is 14.9. The van der Waals surface area contributed by atoms with Gasteiger partial charge in [0, 0.05) is 13.0 Å². The number of rotatable bonds is 7. The van der Waals surface area contributed by atoms with E-state index >= 15 is 0 Å². The fraction of sp³-hybridized carbons (Fsp3) is 0.800. The second-order valence-electron chi connectivity index (χ2n) is 5.69. The molecule has 4 heteroatoms. The maximum Gasteiger partial charge on any atom is 0.151 e. The van der Waals surface area contributed by atoms with E-state index in [1.807, 2.05) is 0 Å². The van der Waals surface area contributed by atoms with E-state index in [9.17, 15) is 0 Å². The van der Waals surface area contributed by atoms with Gasteiger partial charge in [-0.1, -0.05) is 44.2 Å². The minimum absolute atomic E-state index is 0.641. The molecule has 0 amide bonds. The first-order valence-corrected chi connectivity index (χ1v) is 8.11. The van der Waals surface area contributed by atoms with Crippen LogP contribution in [0.1, 0.15) is 63.4 Å². The third kappa shape index (κ3) is 4.81. The Morgan fingerprint density at radius 1 is 1.32 bits per heavy atom. The third-order valence-electron chi connectivity index (χ3n) is 4.00. The zero-order valence-corrected chi connectivity index (χ0v) is 12.7. The van der Waals surface area contributed by atoms with E-state index in [0.29, 0.717) is 5.15 Å². The fourth-order valence-electron chi connectivity index (χ4n) is 2.81. The van der Waals surface area contributed by atoms with Crippen molar-refractivity contribution in [3.63, 3.8) is 0 Å². The van der Waals surface area contributed by atoms with E-state index in [4.69, 9.17) is 11.6 Å². The number of halogens is 1. The average molecular weight is 284 g/mol. The van der Waals surface area contributed by atoms with Crippen LogP contribution in [0.4, 0.5) is 0 Å². The van der Waals surface area contributed by atoms with Gasteiger partial charge in [0.25, 0.3) is 0 Å². The average Bonchev–Trinajstić information content (AvgIpc) is 2.78. The second kappa shape index (κ2) is 7.91. The number of aromatic amines is 1. The molecule has 108 valence electrons. The van der Waals surface area contributed by atoms with Gasteiger partial charge in [0.1, 0.15) is 5.82 Å². The van der Waals surface area contributed by atoms with Crippen molar-refractivity contribution < 1.29 is 0 Å². The van der Waals surface area contributed by atoms with E-state index in [1.165, 1.54) is 44.9 Å². The zero-order valence-electron chi connectivity index (χ0n) is 12.0. The number of aromatic nitrogens is 2. The van der Waals surface area contributed by atoms with Crippen molar-refractivity contribution in [2.45, 2.75) is 64.8 Å². The lowest BCUT2D eigenvalue weighted by Gasteiger charge is -2.21. The predicted octanol–water partition coefficient (Wildman–Crippen LogP) is 4.08. The molecule has 1 saturated carbocycles. The fourth-order valence-corrected chi connectivity index (χ4v) is 3.03. The Bertz CT molecular complexity index is 369. The second-order valence-corrected chi connectivity index (χ2v) is 6.05. The van der Waals surface area contributed by atoms with Crippen molar-refractivity contribution in [1.82, 2.24) is 15.3 Å². The molecule has 0 atom stereocenters. The molecule has 1 aliphatic carbocycles. The monoisotopic (exact) mass is 283 g/mol. The minimum Gasteiger partial charge on any atom is -0.344 e. The molecule has 1 aromatic heterocycles. The van der Waals surface area contributed by atoms with Crippen LogP contribution < -0.4 is 5.32 Å². The first-order chi connectivity index (χ1) is 9.29. The van der Waals surface area contributed by atoms with Crippen molar-refractivity contribution in [2.75, 3.05) is 6.54 Å². The Kier molecular flexibility index (Phi) is 6.18. The van der Waals surface area contributed by atoms with Crippen LogP contribution in [0.3, 0.4) is 0 Å². The van der Waals surface area contributed by atoms with Crippen molar-refractivity contribution in [1.29, 1.82) is 0 Å². The number of hydrogen-bond acceptors (Lipinski definition) is 2. The van der Waals surface area contributed by atoms with Crippen LogP contribution in [-0.2, 0) is 13.0 Å². The lowest BCUT2D eigenvalue weighted by Crippen LogP contribution is -2.24. The van der Waals surface area contributed by atoms with Gasteiger partial charge in [-0.05, 0) is 31.7 Å². The molecule has 0 aliphatic heterocycles. The summed E-state index contributed by atoms with van der Waals surface area (Å²) in [4.78, 5) is 7.73. The van der Waals surface area contributed by atoms with Gasteiger partial charge in [-0.2, -0.15) is 0 Å². The first-order valence-electron chi connectivity index (χ1n) is 7.73. The Labute approximate surface area is 121 Å². The molecule has 1 heterocycles. The molecule has 3 nitrogen and oxygen atoms in total. The van der Waals surface area contributed by atoms with E-state index < -0.39 is 0 Å². The Morgan fingerprint density at radius 2 is 2.11 bits per heavy atom. The molecule has 1 fully saturated rings. The summed E-state index contributed by atoms with van der Waals surface area (Å²) in [6, 6.07) is 0. The van der Waals surface area contributed by atoms with Crippen LogP contribution in [-0.4, -0.2) is 16.5 Å². The quantitative estimate of drug-likeness (QED) is 0.792. The normalized spacial score (nSPS) is 16.9. The molecule has 19 heavy (non-hydrogen) atoms. The summed E-state index contributed by atoms with van der Waals surface area (Å²) in [6.07, 6.45) is 10.3. The van der Waals surface area contributed by atoms with Gasteiger partial charge < -0.3 is 10.3 Å². The lowest BCUT2D eigenvalue weighted by molar-refractivity contribution is 0.341. The molecule has 0 aromatic carbocycles. The number of nitrogens with one attached hydrogen (secondary N) is 2. The van der Waals surface area contributed by atoms with Crippen LogP contribution in [0.15, 0.2) is 0 Å². The van der Waals surface area contributed by atoms with Crippen molar-refractivity contribution in [3.8, 4) is 0 Å². The number of H-pyrrole nitrogens is 1. The molecule has 1 aromatic rings. The number of hydrogen-bond donors (Lipinski definition) is 2. The van der Waals surface area contributed by atoms with Crippen LogP contribution >= 0.6 is 11.6 Å². The van der Waals surface area contributed by atoms with Crippen LogP contribution in [0, 0.1) is 5.92 Å². The number of unbranched alkanes of at least 4 members (excludes halogenated alkanes) is 1. The van der Waals surface area contributed by atoms with E-state index in [0.717, 1.165) is 36.9 Å². The summed E-state index contributed by atoms with van der Waals surface area (Å²) in [5.41, 5.74) is 1.04. The standard InChI is InChI=1S/C15H26ClN3/c1-2-3-9-14-18-13(15(16)19-14)11-17-10-12-7-5-4-6-8-12/h12,17H,2-11H2,1H3,(H,18,19). The lowest BCUT2D eigenvalue weighted by atomic mass is 9.89. The van der Waals surface area contributed by atoms with E-state index in [-0.39, 0.29) is 0 Å². The molecule has 1 aliphatic rings. The molecule has 2 rings (SSSR count). The summed E-state index contributed by atoms with van der Waals surface area (Å²) < 4.78 is 0. The Balaban J connectivity index is 1.73. The summed E-state index contributed by atoms with van der Waals surface area (Å²) in [5, 5.41) is 4.17. The van der Waals surface area contributed by atoms with E-state index in [2.05, 4.69) is 22.2 Å². The van der Waals surface area contributed by atoms with Crippen molar-refractivity contribution >= 4 is 11.6 Å². The Morgan fingerprint density at radius 3 is 2.84 bits per heavy atom. The van der Waals surface area contributed by atoms with Gasteiger partial charge in [0.15, 0.2) is 5.15 Å². The van der Waals surface area contributed by atoms with Crippen molar-refractivity contribution in [3.05, 3.63) is 16.7 Å². The van der Waals surface area contributed by atoms with Crippen LogP contribution in [0.25, 0.3) is 0 Å². The highest BCUT2D eigenvalue weighted by atomic mass is 35.5. The summed E-state index contributed by atoms with van der Waals surface area (Å²) >= 11 is 6.16. The number of nitrogens with zero attached hydrogens (tertiary/aromatic N) is 1. The molecule has 0 bridgehead atoms. The highest BCUT2D eigenvalue weighted by Crippen LogP contribution is 2.23. The minimum atomic E-state index is 0.641. The summed E-state index contributed by atoms with van der Waals surface area (Å²) in [7, 11) is 0. The topological polar surface area (TPSA) is 40.7 Å². The molecule has 0 spiro atoms. The van der Waals surface area contributed by atoms with Gasteiger partial charge in [-0.15, -0.1) is 0 Å². The molecule has 0 radical (unpaired) electrons. The number of aryl methyl sites for hydroxylation is 1. The van der Waals surface area contributed by atoms with Crippen LogP contribution in [0.2, 0.25) is 5.15 Å². The Hall–Kier alpha value is -0.540. The smallest absolute Gasteiger partial charge is 0.151 e. The molecular weight excluding hydrogens is 258 g/mol. The maximum atomic E-state index is 6.16. The highest BCUT2D eigenvalue weighted by Gasteiger charge is 2.13. The largest absolute Gasteiger partial charge is 0.344 e. The maximum absolute atomic E-state index is 6.16. The molecule has 0 unspecified atom stereocenters.